The average Bonchev–Trinajstić information content (AvgIpc) is 2.75. The van der Waals surface area contributed by atoms with Crippen molar-refractivity contribution in [3.8, 4) is 23.0 Å². The van der Waals surface area contributed by atoms with E-state index in [0.29, 0.717) is 11.1 Å². The van der Waals surface area contributed by atoms with E-state index in [1.807, 2.05) is 0 Å². The van der Waals surface area contributed by atoms with Gasteiger partial charge in [0.2, 0.25) is 6.29 Å². The quantitative estimate of drug-likeness (QED) is 0.326. The van der Waals surface area contributed by atoms with Gasteiger partial charge in [0, 0.05) is 24.1 Å². The molecule has 0 unspecified atom stereocenters. The zero-order valence-corrected chi connectivity index (χ0v) is 16.3. The minimum absolute atomic E-state index is 0.0430. The van der Waals surface area contributed by atoms with Crippen molar-refractivity contribution in [1.29, 1.82) is 0 Å². The van der Waals surface area contributed by atoms with Gasteiger partial charge < -0.3 is 50.0 Å². The molecule has 4 rings (SSSR count). The molecule has 168 valence electrons. The van der Waals surface area contributed by atoms with Crippen LogP contribution in [0.5, 0.6) is 23.0 Å². The van der Waals surface area contributed by atoms with Gasteiger partial charge in [-0.3, -0.25) is 0 Å². The maximum Gasteiger partial charge on any atom is 0.229 e. The zero-order valence-electron chi connectivity index (χ0n) is 16.3. The number of rotatable bonds is 4. The molecule has 0 aromatic heterocycles. The lowest BCUT2D eigenvalue weighted by atomic mass is 9.94. The van der Waals surface area contributed by atoms with Crippen molar-refractivity contribution in [2.24, 2.45) is 0 Å². The fraction of sp³-hybridized carbons (Fsp3) is 0.429. The Morgan fingerprint density at radius 2 is 1.65 bits per heavy atom. The highest BCUT2D eigenvalue weighted by Crippen LogP contribution is 2.42. The van der Waals surface area contributed by atoms with E-state index in [9.17, 15) is 35.7 Å². The minimum atomic E-state index is -1.61. The predicted octanol–water partition coefficient (Wildman–Crippen LogP) is -0.686. The van der Waals surface area contributed by atoms with E-state index in [4.69, 9.17) is 14.2 Å². The monoisotopic (exact) mass is 436 g/mol. The number of aliphatic hydroxyl groups excluding tert-OH is 5. The van der Waals surface area contributed by atoms with Crippen LogP contribution < -0.4 is 9.47 Å². The number of ether oxygens (including phenoxy) is 3. The Balaban J connectivity index is 1.58. The molecule has 7 atom stereocenters. The summed E-state index contributed by atoms with van der Waals surface area (Å²) in [5, 5.41) is 69.6. The number of aromatic hydroxyl groups is 2. The number of hydrogen-bond acceptors (Lipinski definition) is 10. The number of phenolic OH excluding ortho intramolecular Hbond substituents is 2. The first-order valence-corrected chi connectivity index (χ1v) is 9.75. The lowest BCUT2D eigenvalue weighted by Crippen LogP contribution is -2.60. The smallest absolute Gasteiger partial charge is 0.229 e. The lowest BCUT2D eigenvalue weighted by Gasteiger charge is -2.39. The van der Waals surface area contributed by atoms with Gasteiger partial charge in [0.15, 0.2) is 0 Å². The summed E-state index contributed by atoms with van der Waals surface area (Å²) in [6.45, 7) is -0.602. The SMILES string of the molecule is OC[C@H]1O[C@@H](Oc2cc(O)c3c(c2)O[C@@H](c2ccc(O)cc2)[C@H](O)C3)[C@H](O)[C@@H](O)[C@@H]1O. The average molecular weight is 436 g/mol. The third-order valence-electron chi connectivity index (χ3n) is 5.50. The summed E-state index contributed by atoms with van der Waals surface area (Å²) >= 11 is 0. The van der Waals surface area contributed by atoms with E-state index in [1.165, 1.54) is 24.3 Å². The highest BCUT2D eigenvalue weighted by Gasteiger charge is 2.45. The lowest BCUT2D eigenvalue weighted by molar-refractivity contribution is -0.277. The molecule has 2 aromatic rings. The summed E-state index contributed by atoms with van der Waals surface area (Å²) in [5.74, 6) is 0.145. The number of aliphatic hydroxyl groups is 5. The summed E-state index contributed by atoms with van der Waals surface area (Å²) < 4.78 is 16.8. The van der Waals surface area contributed by atoms with Crippen molar-refractivity contribution in [3.05, 3.63) is 47.5 Å². The molecular weight excluding hydrogens is 412 g/mol. The first kappa shape index (κ1) is 21.6. The van der Waals surface area contributed by atoms with Crippen molar-refractivity contribution in [2.45, 2.75) is 49.3 Å². The van der Waals surface area contributed by atoms with E-state index in [1.54, 1.807) is 12.1 Å². The Labute approximate surface area is 177 Å². The molecule has 0 radical (unpaired) electrons. The standard InChI is InChI=1S/C21H24O10/c22-8-16-17(26)18(27)19(28)21(31-16)29-11-5-13(24)12-7-14(25)20(30-15(12)6-11)9-1-3-10(23)4-2-9/h1-6,14,16-28H,7-8H2/t14-,16-,17-,18+,19-,20+,21-/m1/s1. The molecule has 31 heavy (non-hydrogen) atoms. The summed E-state index contributed by atoms with van der Waals surface area (Å²) in [6, 6.07) is 8.85. The Morgan fingerprint density at radius 1 is 0.935 bits per heavy atom. The molecule has 7 N–H and O–H groups in total. The third kappa shape index (κ3) is 4.13. The van der Waals surface area contributed by atoms with E-state index in [0.717, 1.165) is 0 Å². The number of hydrogen-bond donors (Lipinski definition) is 7. The number of phenols is 2. The van der Waals surface area contributed by atoms with Gasteiger partial charge in [0.1, 0.15) is 53.5 Å². The summed E-state index contributed by atoms with van der Waals surface area (Å²) in [4.78, 5) is 0. The largest absolute Gasteiger partial charge is 0.508 e. The Morgan fingerprint density at radius 3 is 2.32 bits per heavy atom. The maximum atomic E-state index is 10.5. The number of benzene rings is 2. The fourth-order valence-electron chi connectivity index (χ4n) is 3.77. The molecule has 2 aliphatic rings. The summed E-state index contributed by atoms with van der Waals surface area (Å²) in [5.41, 5.74) is 0.986. The van der Waals surface area contributed by atoms with Gasteiger partial charge in [-0.15, -0.1) is 0 Å². The molecule has 0 bridgehead atoms. The summed E-state index contributed by atoms with van der Waals surface area (Å²) in [6.07, 6.45) is -8.89. The van der Waals surface area contributed by atoms with Crippen LogP contribution in [-0.2, 0) is 11.2 Å². The predicted molar refractivity (Wildman–Crippen MR) is 104 cm³/mol. The Kier molecular flexibility index (Phi) is 5.93. The summed E-state index contributed by atoms with van der Waals surface area (Å²) in [7, 11) is 0. The van der Waals surface area contributed by atoms with E-state index >= 15 is 0 Å². The van der Waals surface area contributed by atoms with Crippen molar-refractivity contribution in [3.63, 3.8) is 0 Å². The molecule has 0 amide bonds. The van der Waals surface area contributed by atoms with E-state index in [2.05, 4.69) is 0 Å². The van der Waals surface area contributed by atoms with Crippen molar-refractivity contribution in [2.75, 3.05) is 6.61 Å². The topological polar surface area (TPSA) is 169 Å². The van der Waals surface area contributed by atoms with Gasteiger partial charge in [0.05, 0.1) is 12.7 Å². The number of fused-ring (bicyclic) bond motifs is 1. The van der Waals surface area contributed by atoms with Gasteiger partial charge in [0.25, 0.3) is 0 Å². The highest BCUT2D eigenvalue weighted by atomic mass is 16.7. The van der Waals surface area contributed by atoms with Crippen LogP contribution in [0.2, 0.25) is 0 Å². The molecule has 0 saturated carbocycles. The normalized spacial score (nSPS) is 32.7. The first-order chi connectivity index (χ1) is 14.8. The maximum absolute atomic E-state index is 10.5. The molecule has 10 nitrogen and oxygen atoms in total. The molecule has 0 spiro atoms. The fourth-order valence-corrected chi connectivity index (χ4v) is 3.77. The molecule has 1 fully saturated rings. The molecule has 2 aliphatic heterocycles. The first-order valence-electron chi connectivity index (χ1n) is 9.75. The van der Waals surface area contributed by atoms with Gasteiger partial charge in [-0.1, -0.05) is 12.1 Å². The third-order valence-corrected chi connectivity index (χ3v) is 5.50. The van der Waals surface area contributed by atoms with E-state index in [-0.39, 0.29) is 29.4 Å². The molecule has 10 heteroatoms. The van der Waals surface area contributed by atoms with Crippen LogP contribution in [0.3, 0.4) is 0 Å². The molecule has 1 saturated heterocycles. The van der Waals surface area contributed by atoms with Crippen LogP contribution in [-0.4, -0.2) is 79.2 Å². The Bertz CT molecular complexity index is 915. The molecule has 2 heterocycles. The highest BCUT2D eigenvalue weighted by molar-refractivity contribution is 5.52. The van der Waals surface area contributed by atoms with Gasteiger partial charge in [-0.2, -0.15) is 0 Å². The molecule has 2 aromatic carbocycles. The molecule has 0 aliphatic carbocycles. The van der Waals surface area contributed by atoms with Gasteiger partial charge in [-0.25, -0.2) is 0 Å². The zero-order chi connectivity index (χ0) is 22.3. The van der Waals surface area contributed by atoms with Gasteiger partial charge in [-0.05, 0) is 17.7 Å². The minimum Gasteiger partial charge on any atom is -0.508 e. The van der Waals surface area contributed by atoms with Crippen LogP contribution >= 0.6 is 0 Å². The van der Waals surface area contributed by atoms with Crippen LogP contribution in [0.25, 0.3) is 0 Å². The second kappa shape index (κ2) is 8.50. The van der Waals surface area contributed by atoms with E-state index < -0.39 is 49.5 Å². The van der Waals surface area contributed by atoms with Crippen LogP contribution in [0.1, 0.15) is 17.2 Å². The van der Waals surface area contributed by atoms with Crippen molar-refractivity contribution < 1.29 is 50.0 Å². The van der Waals surface area contributed by atoms with Crippen LogP contribution in [0.4, 0.5) is 0 Å². The van der Waals surface area contributed by atoms with Crippen molar-refractivity contribution in [1.82, 2.24) is 0 Å². The van der Waals surface area contributed by atoms with Crippen LogP contribution in [0.15, 0.2) is 36.4 Å². The van der Waals surface area contributed by atoms with Gasteiger partial charge >= 0.3 is 0 Å². The Hall–Kier alpha value is -2.60. The molecular formula is C21H24O10. The second-order valence-electron chi connectivity index (χ2n) is 7.64. The van der Waals surface area contributed by atoms with Crippen molar-refractivity contribution >= 4 is 0 Å². The second-order valence-corrected chi connectivity index (χ2v) is 7.64. The van der Waals surface area contributed by atoms with Crippen LogP contribution in [0, 0.1) is 0 Å².